The second kappa shape index (κ2) is 10.3. The summed E-state index contributed by atoms with van der Waals surface area (Å²) in [5.74, 6) is -1.01. The number of anilines is 4. The van der Waals surface area contributed by atoms with Crippen molar-refractivity contribution in [3.63, 3.8) is 0 Å². The van der Waals surface area contributed by atoms with Crippen molar-refractivity contribution in [1.82, 2.24) is 9.97 Å². The van der Waals surface area contributed by atoms with Crippen molar-refractivity contribution in [2.75, 3.05) is 23.8 Å². The molecule has 36 heavy (non-hydrogen) atoms. The summed E-state index contributed by atoms with van der Waals surface area (Å²) in [6.07, 6.45) is 0. The van der Waals surface area contributed by atoms with Crippen LogP contribution in [0, 0.1) is 0 Å². The van der Waals surface area contributed by atoms with Crippen LogP contribution in [0.15, 0.2) is 59.6 Å². The molecule has 0 aliphatic rings. The standard InChI is InChI=1S/C26H22N4O4S2/c1-3-33-25(31)17-11-22(30-16-6-8-20-24(10-16)36-14-28-20)18(26(32)34-4-2)12-21(17)29-15-5-7-19-23(9-15)35-13-27-19/h5-14,29-30H,3-4H2,1-2H3. The van der Waals surface area contributed by atoms with Crippen molar-refractivity contribution >= 4 is 77.8 Å². The van der Waals surface area contributed by atoms with E-state index in [1.54, 1.807) is 37.0 Å². The lowest BCUT2D eigenvalue weighted by Gasteiger charge is -2.18. The van der Waals surface area contributed by atoms with Gasteiger partial charge in [-0.15, -0.1) is 22.7 Å². The van der Waals surface area contributed by atoms with Gasteiger partial charge in [0.1, 0.15) is 0 Å². The van der Waals surface area contributed by atoms with Crippen LogP contribution in [0.25, 0.3) is 20.4 Å². The number of carbonyl (C=O) groups is 2. The molecular formula is C26H22N4O4S2. The number of aromatic nitrogens is 2. The number of esters is 2. The maximum absolute atomic E-state index is 13.0. The number of thiazole rings is 2. The molecule has 0 aliphatic carbocycles. The van der Waals surface area contributed by atoms with E-state index in [0.717, 1.165) is 31.8 Å². The van der Waals surface area contributed by atoms with E-state index in [0.29, 0.717) is 11.4 Å². The molecule has 10 heteroatoms. The second-order valence-corrected chi connectivity index (χ2v) is 9.48. The topological polar surface area (TPSA) is 102 Å². The van der Waals surface area contributed by atoms with Crippen molar-refractivity contribution in [1.29, 1.82) is 0 Å². The Kier molecular flexibility index (Phi) is 6.79. The molecular weight excluding hydrogens is 496 g/mol. The highest BCUT2D eigenvalue weighted by Gasteiger charge is 2.22. The van der Waals surface area contributed by atoms with Gasteiger partial charge in [-0.25, -0.2) is 19.6 Å². The van der Waals surface area contributed by atoms with Crippen molar-refractivity contribution < 1.29 is 19.1 Å². The predicted molar refractivity (Wildman–Crippen MR) is 144 cm³/mol. The minimum absolute atomic E-state index is 0.218. The number of hydrogen-bond acceptors (Lipinski definition) is 10. The molecule has 0 saturated carbocycles. The number of nitrogens with one attached hydrogen (secondary N) is 2. The van der Waals surface area contributed by atoms with Crippen molar-refractivity contribution in [2.45, 2.75) is 13.8 Å². The first-order valence-electron chi connectivity index (χ1n) is 11.3. The number of hydrogen-bond donors (Lipinski definition) is 2. The molecule has 0 aliphatic heterocycles. The summed E-state index contributed by atoms with van der Waals surface area (Å²) in [5, 5.41) is 6.56. The normalized spacial score (nSPS) is 10.9. The van der Waals surface area contributed by atoms with Crippen LogP contribution in [-0.4, -0.2) is 35.1 Å². The highest BCUT2D eigenvalue weighted by molar-refractivity contribution is 7.17. The Morgan fingerprint density at radius 1 is 0.722 bits per heavy atom. The maximum Gasteiger partial charge on any atom is 0.340 e. The zero-order chi connectivity index (χ0) is 25.1. The Bertz CT molecular complexity index is 1460. The lowest BCUT2D eigenvalue weighted by molar-refractivity contribution is 0.0513. The number of nitrogens with zero attached hydrogens (tertiary/aromatic N) is 2. The smallest absolute Gasteiger partial charge is 0.340 e. The van der Waals surface area contributed by atoms with E-state index in [4.69, 9.17) is 9.47 Å². The molecule has 0 bridgehead atoms. The monoisotopic (exact) mass is 518 g/mol. The molecule has 2 heterocycles. The van der Waals surface area contributed by atoms with E-state index in [1.807, 2.05) is 36.4 Å². The third-order valence-electron chi connectivity index (χ3n) is 5.37. The van der Waals surface area contributed by atoms with Crippen molar-refractivity contribution in [2.24, 2.45) is 0 Å². The summed E-state index contributed by atoms with van der Waals surface area (Å²) in [4.78, 5) is 34.5. The molecule has 0 amide bonds. The van der Waals surface area contributed by atoms with Gasteiger partial charge in [0, 0.05) is 11.4 Å². The summed E-state index contributed by atoms with van der Waals surface area (Å²) < 4.78 is 12.7. The lowest BCUT2D eigenvalue weighted by Crippen LogP contribution is -2.13. The quantitative estimate of drug-likeness (QED) is 0.218. The number of ether oxygens (including phenoxy) is 2. The molecule has 0 atom stereocenters. The predicted octanol–water partition coefficient (Wildman–Crippen LogP) is 6.75. The number of fused-ring (bicyclic) bond motifs is 2. The molecule has 5 rings (SSSR count). The highest BCUT2D eigenvalue weighted by atomic mass is 32.1. The minimum Gasteiger partial charge on any atom is -0.462 e. The molecule has 2 N–H and O–H groups in total. The van der Waals surface area contributed by atoms with E-state index in [1.165, 1.54) is 22.7 Å². The van der Waals surface area contributed by atoms with Gasteiger partial charge in [0.25, 0.3) is 0 Å². The van der Waals surface area contributed by atoms with Crippen LogP contribution in [0.2, 0.25) is 0 Å². The molecule has 0 spiro atoms. The number of carbonyl (C=O) groups excluding carboxylic acids is 2. The number of benzene rings is 3. The molecule has 182 valence electrons. The Morgan fingerprint density at radius 2 is 1.17 bits per heavy atom. The molecule has 5 aromatic rings. The van der Waals surface area contributed by atoms with Gasteiger partial charge in [-0.1, -0.05) is 0 Å². The van der Waals surface area contributed by atoms with Crippen LogP contribution in [0.3, 0.4) is 0 Å². The van der Waals surface area contributed by atoms with Gasteiger partial charge in [0.2, 0.25) is 0 Å². The first-order valence-corrected chi connectivity index (χ1v) is 13.0. The first-order chi connectivity index (χ1) is 17.6. The lowest BCUT2D eigenvalue weighted by atomic mass is 10.0. The van der Waals surface area contributed by atoms with Gasteiger partial charge in [-0.05, 0) is 62.4 Å². The van der Waals surface area contributed by atoms with Gasteiger partial charge in [0.15, 0.2) is 0 Å². The van der Waals surface area contributed by atoms with E-state index < -0.39 is 11.9 Å². The van der Waals surface area contributed by atoms with E-state index >= 15 is 0 Å². The van der Waals surface area contributed by atoms with Crippen LogP contribution in [0.4, 0.5) is 22.7 Å². The average molecular weight is 519 g/mol. The summed E-state index contributed by atoms with van der Waals surface area (Å²) >= 11 is 3.04. The first kappa shape index (κ1) is 23.7. The van der Waals surface area contributed by atoms with Gasteiger partial charge in [-0.3, -0.25) is 0 Å². The van der Waals surface area contributed by atoms with E-state index in [2.05, 4.69) is 20.6 Å². The zero-order valence-corrected chi connectivity index (χ0v) is 21.2. The Labute approximate surface area is 214 Å². The van der Waals surface area contributed by atoms with Crippen molar-refractivity contribution in [3.05, 3.63) is 70.7 Å². The fraction of sp³-hybridized carbons (Fsp3) is 0.154. The van der Waals surface area contributed by atoms with Crippen LogP contribution in [-0.2, 0) is 9.47 Å². The average Bonchev–Trinajstić information content (AvgIpc) is 3.53. The summed E-state index contributed by atoms with van der Waals surface area (Å²) in [7, 11) is 0. The fourth-order valence-corrected chi connectivity index (χ4v) is 5.17. The minimum atomic E-state index is -0.504. The molecule has 0 saturated heterocycles. The Hall–Kier alpha value is -4.02. The zero-order valence-electron chi connectivity index (χ0n) is 19.5. The van der Waals surface area contributed by atoms with Crippen LogP contribution >= 0.6 is 22.7 Å². The number of rotatable bonds is 8. The molecule has 2 aromatic heterocycles. The van der Waals surface area contributed by atoms with Crippen LogP contribution < -0.4 is 10.6 Å². The molecule has 0 fully saturated rings. The molecule has 8 nitrogen and oxygen atoms in total. The maximum atomic E-state index is 13.0. The Morgan fingerprint density at radius 3 is 1.58 bits per heavy atom. The summed E-state index contributed by atoms with van der Waals surface area (Å²) in [6.45, 7) is 3.93. The summed E-state index contributed by atoms with van der Waals surface area (Å²) in [5.41, 5.74) is 8.29. The molecule has 0 radical (unpaired) electrons. The highest BCUT2D eigenvalue weighted by Crippen LogP contribution is 2.33. The third kappa shape index (κ3) is 4.86. The molecule has 0 unspecified atom stereocenters. The van der Waals surface area contributed by atoms with Gasteiger partial charge in [0.05, 0.1) is 67.2 Å². The van der Waals surface area contributed by atoms with Gasteiger partial charge >= 0.3 is 11.9 Å². The third-order valence-corrected chi connectivity index (χ3v) is 6.95. The van der Waals surface area contributed by atoms with Gasteiger partial charge in [-0.2, -0.15) is 0 Å². The van der Waals surface area contributed by atoms with E-state index in [-0.39, 0.29) is 24.3 Å². The van der Waals surface area contributed by atoms with Gasteiger partial charge < -0.3 is 20.1 Å². The fourth-order valence-electron chi connectivity index (χ4n) is 3.74. The van der Waals surface area contributed by atoms with Crippen LogP contribution in [0.5, 0.6) is 0 Å². The summed E-state index contributed by atoms with van der Waals surface area (Å²) in [6, 6.07) is 14.7. The second-order valence-electron chi connectivity index (χ2n) is 7.70. The van der Waals surface area contributed by atoms with E-state index in [9.17, 15) is 9.59 Å². The Balaban J connectivity index is 1.59. The van der Waals surface area contributed by atoms with Crippen LogP contribution in [0.1, 0.15) is 34.6 Å². The SMILES string of the molecule is CCOC(=O)c1cc(Nc2ccc3ncsc3c2)c(C(=O)OCC)cc1Nc1ccc2ncsc2c1. The molecule has 3 aromatic carbocycles. The largest absolute Gasteiger partial charge is 0.462 e. The van der Waals surface area contributed by atoms with Crippen molar-refractivity contribution in [3.8, 4) is 0 Å².